The lowest BCUT2D eigenvalue weighted by molar-refractivity contribution is -0.595. The van der Waals surface area contributed by atoms with Gasteiger partial charge in [-0.15, -0.1) is 0 Å². The van der Waals surface area contributed by atoms with Gasteiger partial charge in [-0.05, 0) is 67.8 Å². The standard InChI is InChI=1S/C18H17Br2N2.ClH/c1-12-8-15(19)4-5-17(12)21-6-7-22(11-21)18-13(2)9-16(20)10-14(18)3;/h4-11H,1-3H3;1H/q+1;/p-1. The summed E-state index contributed by atoms with van der Waals surface area (Å²) >= 11 is 7.08. The lowest BCUT2D eigenvalue weighted by atomic mass is 10.1. The third-order valence-electron chi connectivity index (χ3n) is 3.79. The fourth-order valence-corrected chi connectivity index (χ4v) is 4.01. The maximum atomic E-state index is 3.56. The molecule has 2 aromatic carbocycles. The number of benzene rings is 2. The maximum absolute atomic E-state index is 3.56. The van der Waals surface area contributed by atoms with Gasteiger partial charge in [-0.25, -0.2) is 9.13 Å². The van der Waals surface area contributed by atoms with E-state index in [2.05, 4.69) is 111 Å². The van der Waals surface area contributed by atoms with Crippen molar-refractivity contribution in [1.29, 1.82) is 0 Å². The predicted octanol–water partition coefficient (Wildman–Crippen LogP) is 2.21. The van der Waals surface area contributed by atoms with Gasteiger partial charge in [0.05, 0.1) is 0 Å². The molecule has 3 aromatic rings. The largest absolute Gasteiger partial charge is 1.00 e. The average molecular weight is 457 g/mol. The number of halogens is 3. The van der Waals surface area contributed by atoms with E-state index in [1.54, 1.807) is 0 Å². The first-order valence-corrected chi connectivity index (χ1v) is 8.67. The quantitative estimate of drug-likeness (QED) is 0.523. The fourth-order valence-electron chi connectivity index (χ4n) is 2.85. The summed E-state index contributed by atoms with van der Waals surface area (Å²) in [5.41, 5.74) is 6.16. The minimum Gasteiger partial charge on any atom is -1.00 e. The van der Waals surface area contributed by atoms with E-state index in [1.165, 1.54) is 28.1 Å². The number of nitrogens with zero attached hydrogens (tertiary/aromatic N) is 2. The van der Waals surface area contributed by atoms with Crippen LogP contribution in [0.25, 0.3) is 11.4 Å². The molecule has 1 aromatic heterocycles. The summed E-state index contributed by atoms with van der Waals surface area (Å²) in [5.74, 6) is 0. The molecule has 0 amide bonds. The Kier molecular flexibility index (Phi) is 5.71. The molecule has 0 atom stereocenters. The molecule has 0 fully saturated rings. The molecule has 1 heterocycles. The van der Waals surface area contributed by atoms with E-state index in [9.17, 15) is 0 Å². The molecular formula is C18H17Br2ClN2. The Labute approximate surface area is 159 Å². The SMILES string of the molecule is Cc1cc(Br)ccc1-n1cc[n+](-c2c(C)cc(Br)cc2C)c1.[Cl-]. The summed E-state index contributed by atoms with van der Waals surface area (Å²) in [7, 11) is 0. The molecule has 3 rings (SSSR count). The number of imidazole rings is 1. The first kappa shape index (κ1) is 18.2. The highest BCUT2D eigenvalue weighted by molar-refractivity contribution is 9.10. The van der Waals surface area contributed by atoms with Gasteiger partial charge in [0.25, 0.3) is 6.33 Å². The second kappa shape index (κ2) is 7.20. The van der Waals surface area contributed by atoms with Gasteiger partial charge in [0, 0.05) is 8.95 Å². The minimum atomic E-state index is 0. The molecule has 5 heteroatoms. The van der Waals surface area contributed by atoms with Crippen molar-refractivity contribution >= 4 is 31.9 Å². The van der Waals surface area contributed by atoms with Crippen molar-refractivity contribution in [3.63, 3.8) is 0 Å². The van der Waals surface area contributed by atoms with Crippen LogP contribution in [0.1, 0.15) is 16.7 Å². The van der Waals surface area contributed by atoms with Crippen LogP contribution in [0.2, 0.25) is 0 Å². The van der Waals surface area contributed by atoms with Crippen molar-refractivity contribution in [2.24, 2.45) is 0 Å². The van der Waals surface area contributed by atoms with Crippen molar-refractivity contribution in [1.82, 2.24) is 4.57 Å². The van der Waals surface area contributed by atoms with Crippen molar-refractivity contribution in [3.05, 3.63) is 74.7 Å². The molecule has 0 aliphatic heterocycles. The number of aromatic nitrogens is 2. The van der Waals surface area contributed by atoms with E-state index in [0.717, 1.165) is 8.95 Å². The summed E-state index contributed by atoms with van der Waals surface area (Å²) in [6.45, 7) is 6.41. The van der Waals surface area contributed by atoms with E-state index >= 15 is 0 Å². The Balaban J connectivity index is 0.00000192. The molecular weight excluding hydrogens is 439 g/mol. The lowest BCUT2D eigenvalue weighted by Crippen LogP contribution is -3.00. The summed E-state index contributed by atoms with van der Waals surface area (Å²) in [5, 5.41) is 0. The van der Waals surface area contributed by atoms with Gasteiger partial charge in [-0.1, -0.05) is 31.9 Å². The highest BCUT2D eigenvalue weighted by atomic mass is 79.9. The number of hydrogen-bond acceptors (Lipinski definition) is 0. The van der Waals surface area contributed by atoms with E-state index in [0.29, 0.717) is 0 Å². The minimum absolute atomic E-state index is 0. The van der Waals surface area contributed by atoms with Crippen LogP contribution in [0.5, 0.6) is 0 Å². The highest BCUT2D eigenvalue weighted by Gasteiger charge is 2.15. The Morgan fingerprint density at radius 1 is 0.870 bits per heavy atom. The zero-order chi connectivity index (χ0) is 15.9. The van der Waals surface area contributed by atoms with Crippen LogP contribution in [0.15, 0.2) is 58.0 Å². The number of rotatable bonds is 2. The summed E-state index contributed by atoms with van der Waals surface area (Å²) in [6, 6.07) is 10.6. The molecule has 2 nitrogen and oxygen atoms in total. The molecule has 0 saturated heterocycles. The molecule has 0 saturated carbocycles. The maximum Gasteiger partial charge on any atom is 0.254 e. The Morgan fingerprint density at radius 3 is 2.09 bits per heavy atom. The van der Waals surface area contributed by atoms with Gasteiger partial charge in [-0.3, -0.25) is 0 Å². The molecule has 0 radical (unpaired) electrons. The number of hydrogen-bond donors (Lipinski definition) is 0. The molecule has 0 bridgehead atoms. The predicted molar refractivity (Wildman–Crippen MR) is 96.9 cm³/mol. The van der Waals surface area contributed by atoms with Gasteiger partial charge in [-0.2, -0.15) is 0 Å². The van der Waals surface area contributed by atoms with Crippen LogP contribution >= 0.6 is 31.9 Å². The highest BCUT2D eigenvalue weighted by Crippen LogP contribution is 2.22. The molecule has 0 aliphatic carbocycles. The molecule has 120 valence electrons. The molecule has 0 spiro atoms. The van der Waals surface area contributed by atoms with Crippen LogP contribution in [-0.2, 0) is 0 Å². The molecule has 0 aliphatic rings. The van der Waals surface area contributed by atoms with Crippen LogP contribution < -0.4 is 17.0 Å². The van der Waals surface area contributed by atoms with Crippen LogP contribution in [-0.4, -0.2) is 4.57 Å². The van der Waals surface area contributed by atoms with Gasteiger partial charge in [0.15, 0.2) is 0 Å². The van der Waals surface area contributed by atoms with E-state index in [1.807, 2.05) is 0 Å². The zero-order valence-corrected chi connectivity index (χ0v) is 17.1. The van der Waals surface area contributed by atoms with E-state index in [-0.39, 0.29) is 12.4 Å². The van der Waals surface area contributed by atoms with Crippen molar-refractivity contribution in [3.8, 4) is 11.4 Å². The van der Waals surface area contributed by atoms with Crippen molar-refractivity contribution < 1.29 is 17.0 Å². The summed E-state index contributed by atoms with van der Waals surface area (Å²) < 4.78 is 6.56. The molecule has 0 N–H and O–H groups in total. The first-order chi connectivity index (χ1) is 10.5. The average Bonchev–Trinajstić information content (AvgIpc) is 2.86. The van der Waals surface area contributed by atoms with Gasteiger partial charge in [0.1, 0.15) is 23.8 Å². The lowest BCUT2D eigenvalue weighted by Gasteiger charge is -2.06. The smallest absolute Gasteiger partial charge is 0.254 e. The van der Waals surface area contributed by atoms with Crippen molar-refractivity contribution in [2.45, 2.75) is 20.8 Å². The monoisotopic (exact) mass is 454 g/mol. The Hall–Kier alpha value is -1.10. The van der Waals surface area contributed by atoms with Gasteiger partial charge >= 0.3 is 0 Å². The normalized spacial score (nSPS) is 10.5. The zero-order valence-electron chi connectivity index (χ0n) is 13.1. The third kappa shape index (κ3) is 3.70. The second-order valence-corrected chi connectivity index (χ2v) is 7.38. The van der Waals surface area contributed by atoms with Gasteiger partial charge < -0.3 is 12.4 Å². The Bertz CT molecular complexity index is 833. The Morgan fingerprint density at radius 2 is 1.48 bits per heavy atom. The van der Waals surface area contributed by atoms with E-state index in [4.69, 9.17) is 0 Å². The van der Waals surface area contributed by atoms with Crippen molar-refractivity contribution in [2.75, 3.05) is 0 Å². The summed E-state index contributed by atoms with van der Waals surface area (Å²) in [6.07, 6.45) is 6.32. The van der Waals surface area contributed by atoms with Gasteiger partial charge in [0.2, 0.25) is 0 Å². The summed E-state index contributed by atoms with van der Waals surface area (Å²) in [4.78, 5) is 0. The molecule has 0 unspecified atom stereocenters. The fraction of sp³-hybridized carbons (Fsp3) is 0.167. The second-order valence-electron chi connectivity index (χ2n) is 5.55. The molecule has 23 heavy (non-hydrogen) atoms. The topological polar surface area (TPSA) is 8.81 Å². The number of aryl methyl sites for hydroxylation is 3. The van der Waals surface area contributed by atoms with E-state index < -0.39 is 0 Å². The first-order valence-electron chi connectivity index (χ1n) is 7.08. The van der Waals surface area contributed by atoms with Crippen LogP contribution in [0.4, 0.5) is 0 Å². The van der Waals surface area contributed by atoms with Crippen LogP contribution in [0.3, 0.4) is 0 Å². The third-order valence-corrected chi connectivity index (χ3v) is 4.74. The van der Waals surface area contributed by atoms with Crippen LogP contribution in [0, 0.1) is 20.8 Å².